The highest BCUT2D eigenvalue weighted by atomic mass is 32.2. The van der Waals surface area contributed by atoms with Gasteiger partial charge in [0.05, 0.1) is 0 Å². The molecule has 0 spiro atoms. The molecule has 2 rings (SSSR count). The van der Waals surface area contributed by atoms with Crippen LogP contribution in [0.25, 0.3) is 11.1 Å². The molecule has 9 heteroatoms. The van der Waals surface area contributed by atoms with Crippen LogP contribution in [0.1, 0.15) is 36.0 Å². The number of carboxylic acids is 1. The highest BCUT2D eigenvalue weighted by Gasteiger charge is 2.25. The van der Waals surface area contributed by atoms with Crippen LogP contribution in [0.2, 0.25) is 0 Å². The van der Waals surface area contributed by atoms with Crippen molar-refractivity contribution in [3.05, 3.63) is 60.2 Å². The van der Waals surface area contributed by atoms with Crippen molar-refractivity contribution < 1.29 is 32.5 Å². The quantitative estimate of drug-likeness (QED) is 0.281. The number of ketones is 1. The Balaban J connectivity index is 1.87. The first kappa shape index (κ1) is 23.2. The molecule has 0 heterocycles. The summed E-state index contributed by atoms with van der Waals surface area (Å²) in [6.45, 7) is 0. The molecule has 1 atom stereocenters. The standard InChI is InChI=1S/C21H23NO7S/c23-19(17-11-5-4-10-16(17)15-8-2-1-3-9-15)12-6-7-13-20(24)22-18(21(25)26)14-30(27,28)29/h1-5,8-11,18H,6-7,12-14H2,(H,22,24)(H,25,26)(H,27,28,29)/t18-/m0/s1. The third kappa shape index (κ3) is 7.41. The van der Waals surface area contributed by atoms with E-state index in [0.29, 0.717) is 18.4 Å². The van der Waals surface area contributed by atoms with Gasteiger partial charge in [-0.2, -0.15) is 8.42 Å². The van der Waals surface area contributed by atoms with E-state index < -0.39 is 33.8 Å². The van der Waals surface area contributed by atoms with Gasteiger partial charge in [-0.1, -0.05) is 54.6 Å². The van der Waals surface area contributed by atoms with Gasteiger partial charge in [-0.05, 0) is 24.0 Å². The summed E-state index contributed by atoms with van der Waals surface area (Å²) < 4.78 is 30.4. The lowest BCUT2D eigenvalue weighted by atomic mass is 9.95. The summed E-state index contributed by atoms with van der Waals surface area (Å²) in [5.74, 6) is -3.40. The zero-order valence-corrected chi connectivity index (χ0v) is 17.0. The number of benzene rings is 2. The van der Waals surface area contributed by atoms with Gasteiger partial charge in [0, 0.05) is 18.4 Å². The fourth-order valence-corrected chi connectivity index (χ4v) is 3.60. The van der Waals surface area contributed by atoms with E-state index in [4.69, 9.17) is 9.66 Å². The predicted molar refractivity (Wildman–Crippen MR) is 111 cm³/mol. The molecule has 0 aliphatic carbocycles. The molecule has 3 N–H and O–H groups in total. The molecule has 0 aromatic heterocycles. The Kier molecular flexibility index (Phi) is 8.25. The van der Waals surface area contributed by atoms with Crippen molar-refractivity contribution in [3.8, 4) is 11.1 Å². The first-order valence-electron chi connectivity index (χ1n) is 9.32. The molecule has 2 aromatic carbocycles. The molecule has 0 radical (unpaired) electrons. The van der Waals surface area contributed by atoms with Crippen molar-refractivity contribution in [1.82, 2.24) is 5.32 Å². The third-order valence-electron chi connectivity index (χ3n) is 4.38. The number of nitrogens with one attached hydrogen (secondary N) is 1. The Morgan fingerprint density at radius 1 is 0.900 bits per heavy atom. The molecule has 0 unspecified atom stereocenters. The van der Waals surface area contributed by atoms with Gasteiger partial charge in [0.2, 0.25) is 5.91 Å². The highest BCUT2D eigenvalue weighted by Crippen LogP contribution is 2.25. The van der Waals surface area contributed by atoms with E-state index in [1.807, 2.05) is 42.5 Å². The number of amides is 1. The minimum Gasteiger partial charge on any atom is -0.480 e. The third-order valence-corrected chi connectivity index (χ3v) is 5.14. The lowest BCUT2D eigenvalue weighted by Crippen LogP contribution is -2.45. The zero-order valence-electron chi connectivity index (χ0n) is 16.2. The van der Waals surface area contributed by atoms with Crippen molar-refractivity contribution in [2.24, 2.45) is 0 Å². The van der Waals surface area contributed by atoms with Gasteiger partial charge in [0.25, 0.3) is 10.1 Å². The Morgan fingerprint density at radius 3 is 2.13 bits per heavy atom. The summed E-state index contributed by atoms with van der Waals surface area (Å²) in [4.78, 5) is 35.5. The van der Waals surface area contributed by atoms with Crippen LogP contribution in [-0.2, 0) is 19.7 Å². The molecule has 160 valence electrons. The van der Waals surface area contributed by atoms with Crippen LogP contribution in [0.3, 0.4) is 0 Å². The summed E-state index contributed by atoms with van der Waals surface area (Å²) in [6, 6.07) is 15.0. The molecule has 8 nitrogen and oxygen atoms in total. The summed E-state index contributed by atoms with van der Waals surface area (Å²) in [5, 5.41) is 11.0. The maximum Gasteiger partial charge on any atom is 0.327 e. The van der Waals surface area contributed by atoms with E-state index >= 15 is 0 Å². The number of aliphatic carboxylic acids is 1. The van der Waals surface area contributed by atoms with Crippen LogP contribution in [0, 0.1) is 0 Å². The number of hydrogen-bond donors (Lipinski definition) is 3. The average Bonchev–Trinajstić information content (AvgIpc) is 2.70. The molecule has 0 aliphatic heterocycles. The van der Waals surface area contributed by atoms with Gasteiger partial charge < -0.3 is 10.4 Å². The van der Waals surface area contributed by atoms with Gasteiger partial charge in [0.1, 0.15) is 11.8 Å². The second-order valence-electron chi connectivity index (χ2n) is 6.75. The second kappa shape index (κ2) is 10.7. The van der Waals surface area contributed by atoms with Crippen LogP contribution in [0.5, 0.6) is 0 Å². The Morgan fingerprint density at radius 2 is 1.50 bits per heavy atom. The van der Waals surface area contributed by atoms with Gasteiger partial charge >= 0.3 is 5.97 Å². The number of carbonyl (C=O) groups excluding carboxylic acids is 2. The number of Topliss-reactive ketones (excluding diaryl/α,β-unsaturated/α-hetero) is 1. The summed E-state index contributed by atoms with van der Waals surface area (Å²) in [5.41, 5.74) is 2.35. The number of rotatable bonds is 11. The molecule has 0 saturated carbocycles. The Hall–Kier alpha value is -3.04. The number of hydrogen-bond acceptors (Lipinski definition) is 5. The fourth-order valence-electron chi connectivity index (χ4n) is 2.95. The molecule has 1 amide bonds. The van der Waals surface area contributed by atoms with E-state index in [2.05, 4.69) is 5.32 Å². The molecule has 0 aliphatic rings. The first-order valence-corrected chi connectivity index (χ1v) is 10.9. The van der Waals surface area contributed by atoms with Gasteiger partial charge in [-0.3, -0.25) is 14.1 Å². The SMILES string of the molecule is O=C(CCCCC(=O)c1ccccc1-c1ccccc1)N[C@@H](CS(=O)(=O)O)C(=O)O. The molecule has 30 heavy (non-hydrogen) atoms. The number of carbonyl (C=O) groups is 3. The van der Waals surface area contributed by atoms with E-state index in [9.17, 15) is 22.8 Å². The second-order valence-corrected chi connectivity index (χ2v) is 8.25. The van der Waals surface area contributed by atoms with Crippen molar-refractivity contribution >= 4 is 27.8 Å². The topological polar surface area (TPSA) is 138 Å². The predicted octanol–water partition coefficient (Wildman–Crippen LogP) is 2.55. The Labute approximate surface area is 174 Å². The number of carboxylic acid groups (broad SMARTS) is 1. The summed E-state index contributed by atoms with van der Waals surface area (Å²) >= 11 is 0. The molecular weight excluding hydrogens is 410 g/mol. The normalized spacial score (nSPS) is 12.2. The largest absolute Gasteiger partial charge is 0.480 e. The highest BCUT2D eigenvalue weighted by molar-refractivity contribution is 7.85. The van der Waals surface area contributed by atoms with Crippen LogP contribution >= 0.6 is 0 Å². The van der Waals surface area contributed by atoms with Crippen molar-refractivity contribution in [2.75, 3.05) is 5.75 Å². The molecular formula is C21H23NO7S. The van der Waals surface area contributed by atoms with Crippen molar-refractivity contribution in [1.29, 1.82) is 0 Å². The fraction of sp³-hybridized carbons (Fsp3) is 0.286. The monoisotopic (exact) mass is 433 g/mol. The molecule has 2 aromatic rings. The lowest BCUT2D eigenvalue weighted by Gasteiger charge is -2.13. The maximum atomic E-state index is 12.6. The smallest absolute Gasteiger partial charge is 0.327 e. The van der Waals surface area contributed by atoms with Gasteiger partial charge in [-0.25, -0.2) is 4.79 Å². The van der Waals surface area contributed by atoms with Crippen LogP contribution in [0.4, 0.5) is 0 Å². The Bertz CT molecular complexity index is 1000. The average molecular weight is 433 g/mol. The number of unbranched alkanes of at least 4 members (excludes halogenated alkanes) is 1. The molecule has 0 bridgehead atoms. The van der Waals surface area contributed by atoms with Gasteiger partial charge in [-0.15, -0.1) is 0 Å². The van der Waals surface area contributed by atoms with Crippen LogP contribution < -0.4 is 5.32 Å². The maximum absolute atomic E-state index is 12.6. The first-order chi connectivity index (χ1) is 14.2. The van der Waals surface area contributed by atoms with E-state index in [1.165, 1.54) is 0 Å². The molecule has 0 saturated heterocycles. The van der Waals surface area contributed by atoms with E-state index in [0.717, 1.165) is 11.1 Å². The molecule has 0 fully saturated rings. The van der Waals surface area contributed by atoms with E-state index in [-0.39, 0.29) is 18.6 Å². The lowest BCUT2D eigenvalue weighted by molar-refractivity contribution is -0.141. The van der Waals surface area contributed by atoms with Crippen molar-refractivity contribution in [2.45, 2.75) is 31.7 Å². The summed E-state index contributed by atoms with van der Waals surface area (Å²) in [7, 11) is -4.55. The van der Waals surface area contributed by atoms with Crippen molar-refractivity contribution in [3.63, 3.8) is 0 Å². The minimum absolute atomic E-state index is 0.0651. The zero-order chi connectivity index (χ0) is 22.1. The van der Waals surface area contributed by atoms with Crippen LogP contribution in [-0.4, -0.2) is 47.5 Å². The van der Waals surface area contributed by atoms with Crippen LogP contribution in [0.15, 0.2) is 54.6 Å². The minimum atomic E-state index is -4.55. The van der Waals surface area contributed by atoms with Gasteiger partial charge in [0.15, 0.2) is 5.78 Å². The summed E-state index contributed by atoms with van der Waals surface area (Å²) in [6.07, 6.45) is 0.877. The van der Waals surface area contributed by atoms with E-state index in [1.54, 1.807) is 12.1 Å².